The molecule has 0 aliphatic heterocycles. The van der Waals surface area contributed by atoms with Crippen molar-refractivity contribution in [2.75, 3.05) is 19.8 Å². The van der Waals surface area contributed by atoms with Crippen molar-refractivity contribution in [2.45, 2.75) is 33.2 Å². The zero-order valence-electron chi connectivity index (χ0n) is 13.7. The minimum atomic E-state index is -1.53. The molecule has 0 saturated heterocycles. The van der Waals surface area contributed by atoms with Gasteiger partial charge in [0.05, 0.1) is 13.2 Å². The maximum absolute atomic E-state index is 11.8. The molecule has 0 spiro atoms. The number of nitrogens with one attached hydrogen (secondary N) is 1. The largest absolute Gasteiger partial charge is 0.464 e. The predicted octanol–water partition coefficient (Wildman–Crippen LogP) is 1.73. The molecule has 0 heterocycles. The van der Waals surface area contributed by atoms with Crippen LogP contribution in [0, 0.1) is 5.92 Å². The van der Waals surface area contributed by atoms with E-state index in [1.807, 2.05) is 25.2 Å². The van der Waals surface area contributed by atoms with E-state index >= 15 is 0 Å². The van der Waals surface area contributed by atoms with Gasteiger partial charge in [-0.05, 0) is 31.8 Å². The van der Waals surface area contributed by atoms with E-state index < -0.39 is 24.1 Å². The van der Waals surface area contributed by atoms with Crippen LogP contribution in [0.4, 0.5) is 4.79 Å². The van der Waals surface area contributed by atoms with Crippen LogP contribution in [0.5, 0.6) is 0 Å². The molecule has 1 aliphatic carbocycles. The average molecular weight is 325 g/mol. The van der Waals surface area contributed by atoms with Crippen molar-refractivity contribution in [1.29, 1.82) is 0 Å². The number of carbonyl (C=O) groups excluding carboxylic acids is 3. The Morgan fingerprint density at radius 3 is 2.30 bits per heavy atom. The van der Waals surface area contributed by atoms with Crippen molar-refractivity contribution in [3.8, 4) is 0 Å². The lowest BCUT2D eigenvalue weighted by Crippen LogP contribution is -2.48. The molecule has 1 atom stereocenters. The van der Waals surface area contributed by atoms with Crippen LogP contribution >= 0.6 is 0 Å². The van der Waals surface area contributed by atoms with Gasteiger partial charge in [0.25, 0.3) is 0 Å². The van der Waals surface area contributed by atoms with E-state index in [1.54, 1.807) is 13.8 Å². The van der Waals surface area contributed by atoms with Crippen LogP contribution in [0.1, 0.15) is 27.2 Å². The fraction of sp³-hybridized carbons (Fsp3) is 0.562. The van der Waals surface area contributed by atoms with E-state index in [-0.39, 0.29) is 25.7 Å². The molecule has 1 N–H and O–H groups in total. The molecular formula is C16H23NO6. The van der Waals surface area contributed by atoms with Gasteiger partial charge in [0.1, 0.15) is 6.61 Å². The molecule has 1 aliphatic rings. The number of ether oxygens (including phenoxy) is 3. The first kappa shape index (κ1) is 18.7. The summed E-state index contributed by atoms with van der Waals surface area (Å²) in [4.78, 5) is 35.3. The van der Waals surface area contributed by atoms with Crippen molar-refractivity contribution in [1.82, 2.24) is 5.32 Å². The monoisotopic (exact) mass is 325 g/mol. The lowest BCUT2D eigenvalue weighted by molar-refractivity contribution is -0.157. The Bertz CT molecular complexity index is 479. The molecule has 128 valence electrons. The molecule has 7 nitrogen and oxygen atoms in total. The molecule has 7 heteroatoms. The smallest absolute Gasteiger partial charge is 0.408 e. The van der Waals surface area contributed by atoms with Gasteiger partial charge in [0.2, 0.25) is 6.04 Å². The highest BCUT2D eigenvalue weighted by Gasteiger charge is 2.32. The second-order valence-electron chi connectivity index (χ2n) is 4.96. The Morgan fingerprint density at radius 1 is 1.17 bits per heavy atom. The summed E-state index contributed by atoms with van der Waals surface area (Å²) in [6.07, 6.45) is 5.82. The highest BCUT2D eigenvalue weighted by atomic mass is 16.6. The van der Waals surface area contributed by atoms with Gasteiger partial charge in [-0.25, -0.2) is 14.4 Å². The summed E-state index contributed by atoms with van der Waals surface area (Å²) >= 11 is 0. The fourth-order valence-electron chi connectivity index (χ4n) is 1.95. The molecule has 1 rings (SSSR count). The van der Waals surface area contributed by atoms with Crippen LogP contribution < -0.4 is 5.32 Å². The zero-order valence-corrected chi connectivity index (χ0v) is 13.7. The van der Waals surface area contributed by atoms with Crippen molar-refractivity contribution >= 4 is 18.0 Å². The van der Waals surface area contributed by atoms with E-state index in [4.69, 9.17) is 14.2 Å². The molecule has 23 heavy (non-hydrogen) atoms. The number of allylic oxidation sites excluding steroid dienone is 3. The van der Waals surface area contributed by atoms with Crippen LogP contribution in [0.25, 0.3) is 0 Å². The van der Waals surface area contributed by atoms with Crippen LogP contribution in [0.15, 0.2) is 23.8 Å². The van der Waals surface area contributed by atoms with E-state index in [9.17, 15) is 14.4 Å². The number of hydrogen-bond donors (Lipinski definition) is 1. The first-order valence-electron chi connectivity index (χ1n) is 7.61. The van der Waals surface area contributed by atoms with Crippen LogP contribution in [-0.2, 0) is 23.8 Å². The SMILES string of the molecule is CCOC(=O)C(NC(=O)OCC1=CC=CCC1C)C(=O)OCC. The number of hydrogen-bond acceptors (Lipinski definition) is 6. The number of alkyl carbamates (subject to hydrolysis) is 1. The zero-order chi connectivity index (χ0) is 17.2. The predicted molar refractivity (Wildman–Crippen MR) is 82.5 cm³/mol. The molecule has 0 radical (unpaired) electrons. The number of amides is 1. The van der Waals surface area contributed by atoms with E-state index in [0.29, 0.717) is 0 Å². The summed E-state index contributed by atoms with van der Waals surface area (Å²) in [5.74, 6) is -1.48. The van der Waals surface area contributed by atoms with Gasteiger partial charge in [0.15, 0.2) is 0 Å². The number of carbonyl (C=O) groups is 3. The summed E-state index contributed by atoms with van der Waals surface area (Å²) in [6.45, 7) is 5.49. The molecule has 0 aromatic rings. The average Bonchev–Trinajstić information content (AvgIpc) is 2.52. The Hall–Kier alpha value is -2.31. The van der Waals surface area contributed by atoms with Gasteiger partial charge in [0, 0.05) is 0 Å². The number of esters is 2. The van der Waals surface area contributed by atoms with Crippen LogP contribution in [0.3, 0.4) is 0 Å². The molecule has 0 aromatic heterocycles. The van der Waals surface area contributed by atoms with Crippen molar-refractivity contribution in [2.24, 2.45) is 5.92 Å². The molecule has 0 saturated carbocycles. The molecule has 0 aromatic carbocycles. The third kappa shape index (κ3) is 6.14. The highest BCUT2D eigenvalue weighted by molar-refractivity contribution is 6.01. The second kappa shape index (κ2) is 9.66. The first-order valence-corrected chi connectivity index (χ1v) is 7.61. The van der Waals surface area contributed by atoms with Crippen LogP contribution in [0.2, 0.25) is 0 Å². The van der Waals surface area contributed by atoms with Crippen molar-refractivity contribution < 1.29 is 28.6 Å². The summed E-state index contributed by atoms with van der Waals surface area (Å²) in [6, 6.07) is -1.53. The van der Waals surface area contributed by atoms with Crippen molar-refractivity contribution in [3.05, 3.63) is 23.8 Å². The van der Waals surface area contributed by atoms with Gasteiger partial charge in [-0.2, -0.15) is 0 Å². The number of rotatable bonds is 7. The Morgan fingerprint density at radius 2 is 1.78 bits per heavy atom. The fourth-order valence-corrected chi connectivity index (χ4v) is 1.95. The minimum Gasteiger partial charge on any atom is -0.464 e. The summed E-state index contributed by atoms with van der Waals surface area (Å²) in [5.41, 5.74) is 0.964. The van der Waals surface area contributed by atoms with E-state index in [1.165, 1.54) is 0 Å². The van der Waals surface area contributed by atoms with Gasteiger partial charge in [-0.15, -0.1) is 0 Å². The first-order chi connectivity index (χ1) is 11.0. The molecule has 1 amide bonds. The third-order valence-corrected chi connectivity index (χ3v) is 3.25. The Balaban J connectivity index is 2.58. The third-order valence-electron chi connectivity index (χ3n) is 3.25. The highest BCUT2D eigenvalue weighted by Crippen LogP contribution is 2.19. The normalized spacial score (nSPS) is 16.5. The Kier molecular flexibility index (Phi) is 7.87. The van der Waals surface area contributed by atoms with Gasteiger partial charge in [-0.3, -0.25) is 5.32 Å². The maximum Gasteiger partial charge on any atom is 0.408 e. The van der Waals surface area contributed by atoms with Crippen LogP contribution in [-0.4, -0.2) is 43.9 Å². The lowest BCUT2D eigenvalue weighted by atomic mass is 9.94. The quantitative estimate of drug-likeness (QED) is 0.435. The van der Waals surface area contributed by atoms with Gasteiger partial charge < -0.3 is 14.2 Å². The molecule has 1 unspecified atom stereocenters. The minimum absolute atomic E-state index is 0.0855. The molecule has 0 bridgehead atoms. The lowest BCUT2D eigenvalue weighted by Gasteiger charge is -2.19. The standard InChI is InChI=1S/C16H23NO6/c1-4-21-14(18)13(15(19)22-5-2)17-16(20)23-10-12-9-7-6-8-11(12)3/h6-7,9,11,13H,4-5,8,10H2,1-3H3,(H,17,20). The van der Waals surface area contributed by atoms with E-state index in [2.05, 4.69) is 5.32 Å². The topological polar surface area (TPSA) is 90.9 Å². The Labute approximate surface area is 135 Å². The molecular weight excluding hydrogens is 302 g/mol. The van der Waals surface area contributed by atoms with E-state index in [0.717, 1.165) is 12.0 Å². The molecule has 0 fully saturated rings. The van der Waals surface area contributed by atoms with Gasteiger partial charge in [-0.1, -0.05) is 25.2 Å². The van der Waals surface area contributed by atoms with Crippen molar-refractivity contribution in [3.63, 3.8) is 0 Å². The second-order valence-corrected chi connectivity index (χ2v) is 4.96. The summed E-state index contributed by atoms with van der Waals surface area (Å²) in [5, 5.41) is 2.19. The summed E-state index contributed by atoms with van der Waals surface area (Å²) < 4.78 is 14.6. The maximum atomic E-state index is 11.8. The van der Waals surface area contributed by atoms with Gasteiger partial charge >= 0.3 is 18.0 Å². The summed E-state index contributed by atoms with van der Waals surface area (Å²) in [7, 11) is 0.